The van der Waals surface area contributed by atoms with E-state index in [-0.39, 0.29) is 6.10 Å². The van der Waals surface area contributed by atoms with E-state index in [9.17, 15) is 0 Å². The second-order valence-corrected chi connectivity index (χ2v) is 5.13. The second kappa shape index (κ2) is 7.12. The first-order chi connectivity index (χ1) is 8.83. The number of benzene rings is 1. The van der Waals surface area contributed by atoms with E-state index in [1.165, 1.54) is 0 Å². The van der Waals surface area contributed by atoms with E-state index < -0.39 is 0 Å². The molecule has 0 N–H and O–H groups in total. The topological polar surface area (TPSA) is 27.7 Å². The monoisotopic (exact) mass is 314 g/mol. The summed E-state index contributed by atoms with van der Waals surface area (Å²) in [5.41, 5.74) is 1.14. The zero-order valence-electron chi connectivity index (χ0n) is 10.6. The van der Waals surface area contributed by atoms with E-state index in [0.29, 0.717) is 5.92 Å². The Kier molecular flexibility index (Phi) is 5.47. The summed E-state index contributed by atoms with van der Waals surface area (Å²) in [6, 6.07) is 8.03. The van der Waals surface area contributed by atoms with Crippen LogP contribution in [-0.2, 0) is 9.47 Å². The molecule has 0 spiro atoms. The lowest BCUT2D eigenvalue weighted by Crippen LogP contribution is -2.14. The molecule has 1 fully saturated rings. The van der Waals surface area contributed by atoms with Crippen molar-refractivity contribution in [3.63, 3.8) is 0 Å². The van der Waals surface area contributed by atoms with Crippen molar-refractivity contribution in [2.24, 2.45) is 5.92 Å². The van der Waals surface area contributed by atoms with Crippen LogP contribution >= 0.6 is 15.9 Å². The molecule has 0 amide bonds. The van der Waals surface area contributed by atoms with Gasteiger partial charge in [0.15, 0.2) is 0 Å². The molecule has 0 aromatic heterocycles. The Labute approximate surface area is 117 Å². The number of methoxy groups -OCH3 is 1. The predicted molar refractivity (Wildman–Crippen MR) is 74.4 cm³/mol. The Bertz CT molecular complexity index is 364. The van der Waals surface area contributed by atoms with E-state index >= 15 is 0 Å². The van der Waals surface area contributed by atoms with Crippen LogP contribution < -0.4 is 4.74 Å². The molecule has 1 heterocycles. The molecule has 2 atom stereocenters. The fourth-order valence-electron chi connectivity index (χ4n) is 2.04. The molecule has 0 bridgehead atoms. The third-order valence-electron chi connectivity index (χ3n) is 3.16. The van der Waals surface area contributed by atoms with Gasteiger partial charge in [-0.3, -0.25) is 0 Å². The fourth-order valence-corrected chi connectivity index (χ4v) is 2.60. The van der Waals surface area contributed by atoms with Crippen LogP contribution in [0.3, 0.4) is 0 Å². The third kappa shape index (κ3) is 3.70. The Morgan fingerprint density at radius 2 is 2.39 bits per heavy atom. The molecular formula is C14H19BrO3. The molecule has 0 radical (unpaired) electrons. The lowest BCUT2D eigenvalue weighted by molar-refractivity contribution is 0.0391. The molecule has 18 heavy (non-hydrogen) atoms. The zero-order chi connectivity index (χ0) is 12.8. The number of rotatable bonds is 6. The molecule has 1 aliphatic heterocycles. The van der Waals surface area contributed by atoms with Crippen molar-refractivity contribution >= 4 is 15.9 Å². The highest BCUT2D eigenvalue weighted by molar-refractivity contribution is 9.09. The van der Waals surface area contributed by atoms with Crippen molar-refractivity contribution in [2.45, 2.75) is 12.5 Å². The van der Waals surface area contributed by atoms with Gasteiger partial charge < -0.3 is 14.2 Å². The predicted octanol–water partition coefficient (Wildman–Crippen LogP) is 3.18. The fraction of sp³-hybridized carbons (Fsp3) is 0.571. The minimum Gasteiger partial charge on any atom is -0.497 e. The van der Waals surface area contributed by atoms with Gasteiger partial charge in [0, 0.05) is 17.9 Å². The normalized spacial score (nSPS) is 20.9. The van der Waals surface area contributed by atoms with E-state index in [2.05, 4.69) is 22.0 Å². The molecule has 0 saturated carbocycles. The van der Waals surface area contributed by atoms with Crippen LogP contribution in [0.4, 0.5) is 0 Å². The summed E-state index contributed by atoms with van der Waals surface area (Å²) in [4.78, 5) is 0. The van der Waals surface area contributed by atoms with E-state index in [0.717, 1.165) is 42.9 Å². The smallest absolute Gasteiger partial charge is 0.119 e. The summed E-state index contributed by atoms with van der Waals surface area (Å²) < 4.78 is 16.6. The van der Waals surface area contributed by atoms with Gasteiger partial charge in [-0.25, -0.2) is 0 Å². The molecule has 1 aliphatic rings. The maximum Gasteiger partial charge on any atom is 0.119 e. The summed E-state index contributed by atoms with van der Waals surface area (Å²) in [6.45, 7) is 2.45. The number of halogens is 1. The van der Waals surface area contributed by atoms with Crippen molar-refractivity contribution in [2.75, 3.05) is 32.3 Å². The zero-order valence-corrected chi connectivity index (χ0v) is 12.2. The highest BCUT2D eigenvalue weighted by Crippen LogP contribution is 2.25. The molecule has 1 aromatic carbocycles. The van der Waals surface area contributed by atoms with Crippen LogP contribution in [0.2, 0.25) is 0 Å². The molecule has 3 nitrogen and oxygen atoms in total. The van der Waals surface area contributed by atoms with Crippen LogP contribution in [0, 0.1) is 5.92 Å². The average Bonchev–Trinajstić information content (AvgIpc) is 2.93. The summed E-state index contributed by atoms with van der Waals surface area (Å²) in [6.07, 6.45) is 1.17. The molecule has 0 aliphatic carbocycles. The van der Waals surface area contributed by atoms with Crippen LogP contribution in [0.5, 0.6) is 5.75 Å². The number of hydrogen-bond acceptors (Lipinski definition) is 3. The van der Waals surface area contributed by atoms with Gasteiger partial charge in [-0.15, -0.1) is 0 Å². The number of ether oxygens (including phenoxy) is 3. The van der Waals surface area contributed by atoms with Crippen molar-refractivity contribution in [1.82, 2.24) is 0 Å². The van der Waals surface area contributed by atoms with Crippen molar-refractivity contribution in [3.05, 3.63) is 29.8 Å². The first-order valence-electron chi connectivity index (χ1n) is 6.22. The minimum atomic E-state index is 0.0701. The Hall–Kier alpha value is -0.580. The Balaban J connectivity index is 1.93. The lowest BCUT2D eigenvalue weighted by Gasteiger charge is -2.18. The number of hydrogen-bond donors (Lipinski definition) is 0. The summed E-state index contributed by atoms with van der Waals surface area (Å²) in [5, 5.41) is 0.785. The first-order valence-corrected chi connectivity index (χ1v) is 7.35. The van der Waals surface area contributed by atoms with Crippen LogP contribution in [0.15, 0.2) is 24.3 Å². The van der Waals surface area contributed by atoms with Gasteiger partial charge >= 0.3 is 0 Å². The van der Waals surface area contributed by atoms with Gasteiger partial charge in [0.25, 0.3) is 0 Å². The van der Waals surface area contributed by atoms with Crippen molar-refractivity contribution in [3.8, 4) is 5.75 Å². The van der Waals surface area contributed by atoms with Gasteiger partial charge in [0.2, 0.25) is 0 Å². The molecule has 100 valence electrons. The Morgan fingerprint density at radius 3 is 3.06 bits per heavy atom. The van der Waals surface area contributed by atoms with Gasteiger partial charge in [0.05, 0.1) is 26.4 Å². The van der Waals surface area contributed by atoms with Crippen molar-refractivity contribution < 1.29 is 14.2 Å². The summed E-state index contributed by atoms with van der Waals surface area (Å²) >= 11 is 3.51. The molecule has 2 unspecified atom stereocenters. The highest BCUT2D eigenvalue weighted by Gasteiger charge is 2.19. The van der Waals surface area contributed by atoms with Gasteiger partial charge in [-0.05, 0) is 24.1 Å². The molecular weight excluding hydrogens is 296 g/mol. The van der Waals surface area contributed by atoms with Crippen LogP contribution in [0.1, 0.15) is 18.1 Å². The SMILES string of the molecule is COc1cccc(C(CBr)OCC2CCOC2)c1. The molecule has 4 heteroatoms. The van der Waals surface area contributed by atoms with Gasteiger partial charge in [-0.1, -0.05) is 28.1 Å². The van der Waals surface area contributed by atoms with Crippen LogP contribution in [0.25, 0.3) is 0 Å². The molecule has 2 rings (SSSR count). The number of alkyl halides is 1. The third-order valence-corrected chi connectivity index (χ3v) is 3.75. The minimum absolute atomic E-state index is 0.0701. The Morgan fingerprint density at radius 1 is 1.50 bits per heavy atom. The average molecular weight is 315 g/mol. The largest absolute Gasteiger partial charge is 0.497 e. The maximum atomic E-state index is 5.98. The standard InChI is InChI=1S/C14H19BrO3/c1-16-13-4-2-3-12(7-13)14(8-15)18-10-11-5-6-17-9-11/h2-4,7,11,14H,5-6,8-10H2,1H3. The maximum absolute atomic E-state index is 5.98. The lowest BCUT2D eigenvalue weighted by atomic mass is 10.1. The summed E-state index contributed by atoms with van der Waals surface area (Å²) in [7, 11) is 1.68. The van der Waals surface area contributed by atoms with Gasteiger partial charge in [-0.2, -0.15) is 0 Å². The van der Waals surface area contributed by atoms with Gasteiger partial charge in [0.1, 0.15) is 5.75 Å². The van der Waals surface area contributed by atoms with Crippen LogP contribution in [-0.4, -0.2) is 32.3 Å². The molecule has 1 saturated heterocycles. The first kappa shape index (κ1) is 13.8. The second-order valence-electron chi connectivity index (χ2n) is 4.48. The van der Waals surface area contributed by atoms with E-state index in [1.54, 1.807) is 7.11 Å². The van der Waals surface area contributed by atoms with Crippen molar-refractivity contribution in [1.29, 1.82) is 0 Å². The summed E-state index contributed by atoms with van der Waals surface area (Å²) in [5.74, 6) is 1.41. The van der Waals surface area contributed by atoms with E-state index in [4.69, 9.17) is 14.2 Å². The molecule has 1 aromatic rings. The quantitative estimate of drug-likeness (QED) is 0.755. The van der Waals surface area contributed by atoms with E-state index in [1.807, 2.05) is 18.2 Å². The highest BCUT2D eigenvalue weighted by atomic mass is 79.9.